The molecule has 0 aliphatic carbocycles. The van der Waals surface area contributed by atoms with Gasteiger partial charge >= 0.3 is 0 Å². The largest absolute Gasteiger partial charge is 0.340 e. The summed E-state index contributed by atoms with van der Waals surface area (Å²) < 4.78 is 13.3. The molecule has 17 heavy (non-hydrogen) atoms. The molecule has 1 aromatic rings. The van der Waals surface area contributed by atoms with Crippen molar-refractivity contribution in [2.45, 2.75) is 25.9 Å². The van der Waals surface area contributed by atoms with Crippen molar-refractivity contribution in [1.29, 1.82) is 0 Å². The van der Waals surface area contributed by atoms with Crippen molar-refractivity contribution < 1.29 is 9.18 Å². The molecule has 1 rings (SSSR count). The number of hydrogen-bond donors (Lipinski definition) is 1. The molecule has 1 aromatic carbocycles. The second kappa shape index (κ2) is 7.25. The smallest absolute Gasteiger partial charge is 0.239 e. The fraction of sp³-hybridized carbons (Fsp3) is 0.417. The molecule has 0 unspecified atom stereocenters. The molecule has 0 saturated carbocycles. The third-order valence-corrected chi connectivity index (χ3v) is 2.50. The van der Waals surface area contributed by atoms with Crippen molar-refractivity contribution in [3.05, 3.63) is 35.6 Å². The summed E-state index contributed by atoms with van der Waals surface area (Å²) in [5.74, 6) is -0.460. The summed E-state index contributed by atoms with van der Waals surface area (Å²) in [7, 11) is 1.63. The van der Waals surface area contributed by atoms with Crippen LogP contribution in [0.4, 0.5) is 4.39 Å². The second-order valence-corrected chi connectivity index (χ2v) is 3.80. The Bertz CT molecular complexity index is 373. The van der Waals surface area contributed by atoms with E-state index in [0.29, 0.717) is 12.0 Å². The summed E-state index contributed by atoms with van der Waals surface area (Å²) in [4.78, 5) is 13.1. The van der Waals surface area contributed by atoms with Crippen LogP contribution in [0.15, 0.2) is 24.3 Å². The summed E-state index contributed by atoms with van der Waals surface area (Å²) in [6.45, 7) is 2.10. The van der Waals surface area contributed by atoms with Gasteiger partial charge in [-0.25, -0.2) is 4.39 Å². The van der Waals surface area contributed by atoms with E-state index in [1.165, 1.54) is 11.0 Å². The van der Waals surface area contributed by atoms with E-state index in [1.807, 2.05) is 6.92 Å². The lowest BCUT2D eigenvalue weighted by atomic mass is 10.1. The highest BCUT2D eigenvalue weighted by molar-refractivity contribution is 5.85. The number of benzene rings is 1. The quantitative estimate of drug-likeness (QED) is 0.899. The highest BCUT2D eigenvalue weighted by Gasteiger charge is 2.16. The minimum atomic E-state index is -0.503. The van der Waals surface area contributed by atoms with E-state index in [1.54, 1.807) is 25.2 Å². The molecule has 2 N–H and O–H groups in total. The number of nitrogens with two attached hydrogens (primary N) is 1. The van der Waals surface area contributed by atoms with Gasteiger partial charge in [0.2, 0.25) is 5.91 Å². The molecule has 0 heterocycles. The van der Waals surface area contributed by atoms with Gasteiger partial charge in [0.15, 0.2) is 0 Å². The van der Waals surface area contributed by atoms with Crippen LogP contribution < -0.4 is 5.73 Å². The van der Waals surface area contributed by atoms with Crippen LogP contribution in [0.25, 0.3) is 0 Å². The van der Waals surface area contributed by atoms with Crippen molar-refractivity contribution in [2.24, 2.45) is 5.73 Å². The Hall–Kier alpha value is -1.13. The van der Waals surface area contributed by atoms with E-state index >= 15 is 0 Å². The SMILES string of the molecule is CC[C@H](N)C(=O)N(C)Cc1ccccc1F.Cl. The normalized spacial score (nSPS) is 11.5. The molecule has 0 radical (unpaired) electrons. The Labute approximate surface area is 107 Å². The fourth-order valence-corrected chi connectivity index (χ4v) is 1.42. The number of halogens is 2. The maximum atomic E-state index is 13.3. The third-order valence-electron chi connectivity index (χ3n) is 2.50. The monoisotopic (exact) mass is 260 g/mol. The van der Waals surface area contributed by atoms with Crippen molar-refractivity contribution in [3.63, 3.8) is 0 Å². The van der Waals surface area contributed by atoms with E-state index < -0.39 is 6.04 Å². The highest BCUT2D eigenvalue weighted by atomic mass is 35.5. The molecule has 0 aromatic heterocycles. The summed E-state index contributed by atoms with van der Waals surface area (Å²) >= 11 is 0. The molecule has 0 spiro atoms. The van der Waals surface area contributed by atoms with Gasteiger partial charge in [0.1, 0.15) is 5.82 Å². The van der Waals surface area contributed by atoms with E-state index in [2.05, 4.69) is 0 Å². The van der Waals surface area contributed by atoms with Crippen LogP contribution in [0, 0.1) is 5.82 Å². The van der Waals surface area contributed by atoms with Gasteiger partial charge in [-0.2, -0.15) is 0 Å². The summed E-state index contributed by atoms with van der Waals surface area (Å²) in [6, 6.07) is 5.91. The topological polar surface area (TPSA) is 46.3 Å². The van der Waals surface area contributed by atoms with Crippen molar-refractivity contribution in [1.82, 2.24) is 4.90 Å². The standard InChI is InChI=1S/C12H17FN2O.ClH/c1-3-11(14)12(16)15(2)8-9-6-4-5-7-10(9)13;/h4-7,11H,3,8,14H2,1-2H3;1H/t11-;/m0./s1. The van der Waals surface area contributed by atoms with Gasteiger partial charge in [-0.05, 0) is 12.5 Å². The molecule has 0 aliphatic rings. The van der Waals surface area contributed by atoms with Crippen LogP contribution in [0.1, 0.15) is 18.9 Å². The third kappa shape index (κ3) is 4.32. The first kappa shape index (κ1) is 15.9. The number of amides is 1. The van der Waals surface area contributed by atoms with Gasteiger partial charge in [-0.15, -0.1) is 12.4 Å². The Morgan fingerprint density at radius 3 is 2.59 bits per heavy atom. The zero-order valence-electron chi connectivity index (χ0n) is 10.0. The van der Waals surface area contributed by atoms with Gasteiger partial charge < -0.3 is 10.6 Å². The maximum absolute atomic E-state index is 13.3. The molecule has 0 bridgehead atoms. The Kier molecular flexibility index (Phi) is 6.76. The number of carbonyl (C=O) groups excluding carboxylic acids is 1. The molecule has 1 amide bonds. The molecular formula is C12H18ClFN2O. The van der Waals surface area contributed by atoms with Crippen LogP contribution in [0.5, 0.6) is 0 Å². The number of hydrogen-bond acceptors (Lipinski definition) is 2. The molecular weight excluding hydrogens is 243 g/mol. The predicted octanol–water partition coefficient (Wildman–Crippen LogP) is 1.94. The van der Waals surface area contributed by atoms with Gasteiger partial charge in [-0.3, -0.25) is 4.79 Å². The summed E-state index contributed by atoms with van der Waals surface area (Å²) in [6.07, 6.45) is 0.584. The zero-order valence-corrected chi connectivity index (χ0v) is 10.8. The van der Waals surface area contributed by atoms with Gasteiger partial charge in [0.05, 0.1) is 6.04 Å². The van der Waals surface area contributed by atoms with E-state index in [4.69, 9.17) is 5.73 Å². The number of rotatable bonds is 4. The van der Waals surface area contributed by atoms with Crippen molar-refractivity contribution in [2.75, 3.05) is 7.05 Å². The molecule has 1 atom stereocenters. The first-order chi connectivity index (χ1) is 7.56. The van der Waals surface area contributed by atoms with Gasteiger partial charge in [-0.1, -0.05) is 25.1 Å². The molecule has 96 valence electrons. The molecule has 3 nitrogen and oxygen atoms in total. The molecule has 0 saturated heterocycles. The zero-order chi connectivity index (χ0) is 12.1. The highest BCUT2D eigenvalue weighted by Crippen LogP contribution is 2.09. The van der Waals surface area contributed by atoms with E-state index in [0.717, 1.165) is 0 Å². The molecule has 0 aliphatic heterocycles. The number of likely N-dealkylation sites (N-methyl/N-ethyl adjacent to an activating group) is 1. The van der Waals surface area contributed by atoms with Crippen LogP contribution in [0.2, 0.25) is 0 Å². The minimum absolute atomic E-state index is 0. The number of carbonyl (C=O) groups is 1. The van der Waals surface area contributed by atoms with Crippen molar-refractivity contribution >= 4 is 18.3 Å². The van der Waals surface area contributed by atoms with Crippen LogP contribution in [0.3, 0.4) is 0 Å². The van der Waals surface area contributed by atoms with Crippen LogP contribution >= 0.6 is 12.4 Å². The first-order valence-electron chi connectivity index (χ1n) is 5.30. The van der Waals surface area contributed by atoms with Crippen LogP contribution in [-0.4, -0.2) is 23.9 Å². The molecule has 5 heteroatoms. The number of nitrogens with zero attached hydrogens (tertiary/aromatic N) is 1. The van der Waals surface area contributed by atoms with Gasteiger partial charge in [0, 0.05) is 19.2 Å². The van der Waals surface area contributed by atoms with Crippen LogP contribution in [-0.2, 0) is 11.3 Å². The lowest BCUT2D eigenvalue weighted by Crippen LogP contribution is -2.41. The predicted molar refractivity (Wildman–Crippen MR) is 68.4 cm³/mol. The Balaban J connectivity index is 0.00000256. The minimum Gasteiger partial charge on any atom is -0.340 e. The lowest BCUT2D eigenvalue weighted by Gasteiger charge is -2.20. The lowest BCUT2D eigenvalue weighted by molar-refractivity contribution is -0.131. The first-order valence-corrected chi connectivity index (χ1v) is 5.30. The van der Waals surface area contributed by atoms with Gasteiger partial charge in [0.25, 0.3) is 0 Å². The average molecular weight is 261 g/mol. The van der Waals surface area contributed by atoms with E-state index in [9.17, 15) is 9.18 Å². The Morgan fingerprint density at radius 2 is 2.06 bits per heavy atom. The summed E-state index contributed by atoms with van der Waals surface area (Å²) in [5, 5.41) is 0. The summed E-state index contributed by atoms with van der Waals surface area (Å²) in [5.41, 5.74) is 6.13. The van der Waals surface area contributed by atoms with Crippen molar-refractivity contribution in [3.8, 4) is 0 Å². The average Bonchev–Trinajstić information content (AvgIpc) is 2.30. The second-order valence-electron chi connectivity index (χ2n) is 3.80. The maximum Gasteiger partial charge on any atom is 0.239 e. The molecule has 0 fully saturated rings. The Morgan fingerprint density at radius 1 is 1.47 bits per heavy atom. The fourth-order valence-electron chi connectivity index (χ4n) is 1.42. The van der Waals surface area contributed by atoms with E-state index in [-0.39, 0.29) is 30.7 Å².